The van der Waals surface area contributed by atoms with Crippen molar-refractivity contribution < 1.29 is 13.9 Å². The van der Waals surface area contributed by atoms with Gasteiger partial charge in [-0.1, -0.05) is 69.8 Å². The number of hydrogen-bond acceptors (Lipinski definition) is 2. The van der Waals surface area contributed by atoms with Crippen LogP contribution in [0.4, 0.5) is 11.4 Å². The molecule has 1 atom stereocenters. The molecule has 2 aliphatic rings. The van der Waals surface area contributed by atoms with Gasteiger partial charge >= 0.3 is 5.18 Å². The van der Waals surface area contributed by atoms with Crippen LogP contribution in [0.5, 0.6) is 5.75 Å². The monoisotopic (exact) mass is 448 g/mol. The molecule has 0 aliphatic carbocycles. The lowest BCUT2D eigenvalue weighted by molar-refractivity contribution is -0.770. The van der Waals surface area contributed by atoms with Gasteiger partial charge in [0.2, 0.25) is 11.4 Å². The van der Waals surface area contributed by atoms with Gasteiger partial charge in [-0.25, -0.2) is 0 Å². The number of hydrogen-bond donors (Lipinski definition) is 0. The van der Waals surface area contributed by atoms with Gasteiger partial charge in [0.25, 0.3) is 0 Å². The maximum Gasteiger partial charge on any atom is 0.584 e. The zero-order chi connectivity index (χ0) is 22.4. The summed E-state index contributed by atoms with van der Waals surface area (Å²) in [6.45, 7) is 4.28. The summed E-state index contributed by atoms with van der Waals surface area (Å²) in [7, 11) is 0. The molecule has 0 N–H and O–H groups in total. The largest absolute Gasteiger partial charge is 0.584 e. The average molecular weight is 449 g/mol. The van der Waals surface area contributed by atoms with E-state index in [2.05, 4.69) is 120 Å². The minimum absolute atomic E-state index is 0.860. The molecular weight excluding hydrogens is 424 g/mol. The number of ether oxygens (including phenoxy) is 1. The Morgan fingerprint density at radius 1 is 0.606 bits per heavy atom. The summed E-state index contributed by atoms with van der Waals surface area (Å²) in [4.78, 5) is 1.23. The highest BCUT2D eigenvalue weighted by Gasteiger charge is 2.63. The van der Waals surface area contributed by atoms with Crippen LogP contribution in [0.3, 0.4) is 0 Å². The summed E-state index contributed by atoms with van der Waals surface area (Å²) in [6, 6.07) is 33.7. The van der Waals surface area contributed by atoms with Gasteiger partial charge in [0, 0.05) is 29.2 Å². The van der Waals surface area contributed by atoms with E-state index in [9.17, 15) is 0 Å². The fourth-order valence-electron chi connectivity index (χ4n) is 4.53. The van der Waals surface area contributed by atoms with Gasteiger partial charge in [-0.15, -0.1) is 0 Å². The Kier molecular flexibility index (Phi) is 4.70. The van der Waals surface area contributed by atoms with Crippen molar-refractivity contribution in [3.8, 4) is 5.75 Å². The highest BCUT2D eigenvalue weighted by molar-refractivity contribution is 8.00. The van der Waals surface area contributed by atoms with Crippen LogP contribution in [-0.4, -0.2) is 26.8 Å². The van der Waals surface area contributed by atoms with E-state index in [1.54, 1.807) is 11.8 Å². The molecule has 0 radical (unpaired) electrons. The van der Waals surface area contributed by atoms with Crippen LogP contribution in [0.25, 0.3) is 0 Å². The fourth-order valence-corrected chi connectivity index (χ4v) is 5.90. The number of rotatable bonds is 2. The third-order valence-corrected chi connectivity index (χ3v) is 7.67. The van der Waals surface area contributed by atoms with Gasteiger partial charge in [-0.2, -0.15) is 0 Å². The lowest BCUT2D eigenvalue weighted by Gasteiger charge is -2.32. The van der Waals surface area contributed by atoms with Gasteiger partial charge in [0.1, 0.15) is 0 Å². The van der Waals surface area contributed by atoms with Crippen molar-refractivity contribution in [1.29, 1.82) is 0 Å². The van der Waals surface area contributed by atoms with Gasteiger partial charge in [0.05, 0.1) is 22.9 Å². The molecular formula is C29H24N2OS+2. The van der Waals surface area contributed by atoms with E-state index >= 15 is 0 Å². The molecule has 1 unspecified atom stereocenters. The Hall–Kier alpha value is -3.63. The molecule has 2 aliphatic heterocycles. The van der Waals surface area contributed by atoms with Crippen LogP contribution in [0.1, 0.15) is 22.3 Å². The Balaban J connectivity index is 1.69. The topological polar surface area (TPSA) is 15.2 Å². The summed E-state index contributed by atoms with van der Waals surface area (Å²) >= 11 is 1.75. The highest BCUT2D eigenvalue weighted by atomic mass is 32.2. The molecule has 0 aromatic heterocycles. The molecule has 0 amide bonds. The highest BCUT2D eigenvalue weighted by Crippen LogP contribution is 2.49. The first-order chi connectivity index (χ1) is 16.2. The summed E-state index contributed by atoms with van der Waals surface area (Å²) in [5.74, 6) is 0.920. The molecule has 0 bridgehead atoms. The van der Waals surface area contributed by atoms with E-state index < -0.39 is 5.18 Å². The maximum atomic E-state index is 7.09. The Labute approximate surface area is 198 Å². The van der Waals surface area contributed by atoms with Crippen LogP contribution in [-0.2, 0) is 0 Å². The van der Waals surface area contributed by atoms with Crippen molar-refractivity contribution >= 4 is 35.6 Å². The molecule has 0 fully saturated rings. The second-order valence-electron chi connectivity index (χ2n) is 8.41. The van der Waals surface area contributed by atoms with Crippen molar-refractivity contribution in [2.75, 3.05) is 0 Å². The molecule has 6 rings (SSSR count). The molecule has 2 heterocycles. The van der Waals surface area contributed by atoms with Crippen molar-refractivity contribution in [2.45, 2.75) is 23.9 Å². The first kappa shape index (κ1) is 20.0. The minimum atomic E-state index is -0.860. The fraction of sp³-hybridized carbons (Fsp3) is 0.103. The van der Waals surface area contributed by atoms with Crippen molar-refractivity contribution in [3.05, 3.63) is 119 Å². The second-order valence-corrected chi connectivity index (χ2v) is 9.55. The normalized spacial score (nSPS) is 18.6. The van der Waals surface area contributed by atoms with Gasteiger partial charge in [-0.3, -0.25) is 0 Å². The predicted octanol–water partition coefficient (Wildman–Crippen LogP) is 6.64. The van der Waals surface area contributed by atoms with E-state index in [1.165, 1.54) is 16.0 Å². The zero-order valence-electron chi connectivity index (χ0n) is 18.6. The second kappa shape index (κ2) is 7.75. The smallest absolute Gasteiger partial charge is 0.367 e. The van der Waals surface area contributed by atoms with E-state index in [0.29, 0.717) is 0 Å². The first-order valence-corrected chi connectivity index (χ1v) is 11.9. The summed E-state index contributed by atoms with van der Waals surface area (Å²) in [6.07, 6.45) is 4.45. The van der Waals surface area contributed by atoms with Crippen molar-refractivity contribution in [1.82, 2.24) is 0 Å². The van der Waals surface area contributed by atoms with E-state index in [1.807, 2.05) is 12.1 Å². The molecule has 4 heteroatoms. The average Bonchev–Trinajstić information content (AvgIpc) is 2.86. The molecule has 4 aromatic carbocycles. The third-order valence-electron chi connectivity index (χ3n) is 6.17. The van der Waals surface area contributed by atoms with Crippen molar-refractivity contribution in [2.24, 2.45) is 0 Å². The number of aryl methyl sites for hydroxylation is 2. The molecule has 1 spiro atoms. The maximum absolute atomic E-state index is 7.09. The Morgan fingerprint density at radius 2 is 1.15 bits per heavy atom. The van der Waals surface area contributed by atoms with Crippen LogP contribution < -0.4 is 4.74 Å². The van der Waals surface area contributed by atoms with E-state index in [4.69, 9.17) is 4.74 Å². The summed E-state index contributed by atoms with van der Waals surface area (Å²) in [5, 5.41) is -0.860. The van der Waals surface area contributed by atoms with Crippen LogP contribution >= 0.6 is 11.8 Å². The quantitative estimate of drug-likeness (QED) is 0.319. The van der Waals surface area contributed by atoms with Crippen LogP contribution in [0.15, 0.2) is 102 Å². The molecule has 160 valence electrons. The lowest BCUT2D eigenvalue weighted by atomic mass is 10.1. The standard InChI is InChI=1S/C29H24N2OS/c1-21-11-9-13-23-19-30(25-15-5-3-6-16-25)29(32-27(21)23)31(26-17-7-4-8-18-26)20-24-14-10-12-22(2)28(24)33-29/h3-20H,1-2H3/q+2. The molecule has 0 saturated carbocycles. The van der Waals surface area contributed by atoms with Crippen LogP contribution in [0.2, 0.25) is 0 Å². The molecule has 4 aromatic rings. The molecule has 33 heavy (non-hydrogen) atoms. The number of nitrogens with zero attached hydrogens (tertiary/aromatic N) is 2. The lowest BCUT2D eigenvalue weighted by Crippen LogP contribution is -2.55. The van der Waals surface area contributed by atoms with E-state index in [-0.39, 0.29) is 0 Å². The predicted molar refractivity (Wildman–Crippen MR) is 135 cm³/mol. The Morgan fingerprint density at radius 3 is 1.79 bits per heavy atom. The van der Waals surface area contributed by atoms with Gasteiger partial charge < -0.3 is 4.74 Å². The summed E-state index contributed by atoms with van der Waals surface area (Å²) < 4.78 is 11.6. The number of thioether (sulfide) groups is 1. The number of benzene rings is 4. The minimum Gasteiger partial charge on any atom is -0.367 e. The van der Waals surface area contributed by atoms with Crippen LogP contribution in [0, 0.1) is 13.8 Å². The number of fused-ring (bicyclic) bond motifs is 2. The number of para-hydroxylation sites is 3. The van der Waals surface area contributed by atoms with Gasteiger partial charge in [0.15, 0.2) is 18.2 Å². The third kappa shape index (κ3) is 3.21. The molecule has 0 saturated heterocycles. The van der Waals surface area contributed by atoms with E-state index in [0.717, 1.165) is 28.3 Å². The SMILES string of the molecule is Cc1cccc2c1OC1(Sc3c(C)cccc3C=[N+]1c1ccccc1)[N+](c1ccccc1)=C2. The Bertz CT molecular complexity index is 1310. The zero-order valence-corrected chi connectivity index (χ0v) is 19.4. The molecule has 3 nitrogen and oxygen atoms in total. The van der Waals surface area contributed by atoms with Crippen molar-refractivity contribution in [3.63, 3.8) is 0 Å². The first-order valence-electron chi connectivity index (χ1n) is 11.1. The van der Waals surface area contributed by atoms with Gasteiger partial charge in [-0.05, 0) is 37.1 Å². The summed E-state index contributed by atoms with van der Waals surface area (Å²) in [5.41, 5.74) is 6.79.